The number of nitrogens with one attached hydrogen (secondary N) is 1. The number of carbonyl (C=O) groups is 1. The van der Waals surface area contributed by atoms with Gasteiger partial charge >= 0.3 is 5.97 Å². The molecule has 0 spiro atoms. The third kappa shape index (κ3) is 6.12. The van der Waals surface area contributed by atoms with E-state index in [1.54, 1.807) is 6.92 Å². The third-order valence-corrected chi connectivity index (χ3v) is 1.50. The first-order valence-electron chi connectivity index (χ1n) is 4.22. The van der Waals surface area contributed by atoms with E-state index in [2.05, 4.69) is 12.2 Å². The average molecular weight is 175 g/mol. The number of aliphatic carboxylic acids is 1. The van der Waals surface area contributed by atoms with Gasteiger partial charge in [-0.3, -0.25) is 10.1 Å². The highest BCUT2D eigenvalue weighted by Gasteiger charge is 2.07. The molecule has 0 aromatic carbocycles. The molecule has 0 aliphatic carbocycles. The van der Waals surface area contributed by atoms with Crippen molar-refractivity contribution in [2.45, 2.75) is 32.7 Å². The summed E-state index contributed by atoms with van der Waals surface area (Å²) in [5.41, 5.74) is 0. The van der Waals surface area contributed by atoms with Gasteiger partial charge < -0.3 is 9.84 Å². The topological polar surface area (TPSA) is 58.6 Å². The van der Waals surface area contributed by atoms with Crippen LogP contribution in [0, 0.1) is 0 Å². The fraction of sp³-hybridized carbons (Fsp3) is 0.875. The molecular formula is C8H17NO3. The lowest BCUT2D eigenvalue weighted by Crippen LogP contribution is -2.35. The molecule has 0 rings (SSSR count). The molecule has 0 radical (unpaired) electrons. The van der Waals surface area contributed by atoms with Crippen LogP contribution in [0.2, 0.25) is 0 Å². The van der Waals surface area contributed by atoms with Gasteiger partial charge in [0.2, 0.25) is 0 Å². The molecule has 0 aliphatic heterocycles. The summed E-state index contributed by atoms with van der Waals surface area (Å²) < 4.78 is 5.12. The molecule has 0 aromatic heterocycles. The Morgan fingerprint density at radius 2 is 2.33 bits per heavy atom. The van der Waals surface area contributed by atoms with Crippen LogP contribution in [0.1, 0.15) is 26.7 Å². The standard InChI is InChI=1S/C8H17NO3/c1-3-4-5-12-6-9-7(2)8(10)11/h7,9H,3-6H2,1-2H3,(H,10,11)/t7-/m0/s1. The van der Waals surface area contributed by atoms with Crippen LogP contribution in [0.15, 0.2) is 0 Å². The van der Waals surface area contributed by atoms with Crippen LogP contribution in [0.4, 0.5) is 0 Å². The number of hydrogen-bond acceptors (Lipinski definition) is 3. The molecule has 0 saturated heterocycles. The van der Waals surface area contributed by atoms with Gasteiger partial charge in [-0.1, -0.05) is 13.3 Å². The van der Waals surface area contributed by atoms with Crippen molar-refractivity contribution in [2.75, 3.05) is 13.3 Å². The summed E-state index contributed by atoms with van der Waals surface area (Å²) >= 11 is 0. The normalized spacial score (nSPS) is 12.8. The predicted octanol–water partition coefficient (Wildman–Crippen LogP) is 0.823. The van der Waals surface area contributed by atoms with Gasteiger partial charge in [0, 0.05) is 6.61 Å². The predicted molar refractivity (Wildman–Crippen MR) is 46.0 cm³/mol. The molecule has 4 heteroatoms. The maximum atomic E-state index is 10.3. The summed E-state index contributed by atoms with van der Waals surface area (Å²) in [6.07, 6.45) is 2.11. The van der Waals surface area contributed by atoms with Crippen LogP contribution < -0.4 is 5.32 Å². The summed E-state index contributed by atoms with van der Waals surface area (Å²) in [5, 5.41) is 11.2. The molecule has 0 aromatic rings. The second-order valence-electron chi connectivity index (χ2n) is 2.67. The molecule has 0 unspecified atom stereocenters. The first-order chi connectivity index (χ1) is 5.68. The Kier molecular flexibility index (Phi) is 6.70. The van der Waals surface area contributed by atoms with Crippen LogP contribution in [-0.4, -0.2) is 30.5 Å². The lowest BCUT2D eigenvalue weighted by molar-refractivity contribution is -0.139. The monoisotopic (exact) mass is 175 g/mol. The van der Waals surface area contributed by atoms with Crippen LogP contribution >= 0.6 is 0 Å². The third-order valence-electron chi connectivity index (χ3n) is 1.50. The zero-order valence-electron chi connectivity index (χ0n) is 7.67. The highest BCUT2D eigenvalue weighted by Crippen LogP contribution is 1.87. The van der Waals surface area contributed by atoms with E-state index in [9.17, 15) is 4.79 Å². The minimum absolute atomic E-state index is 0.313. The maximum Gasteiger partial charge on any atom is 0.320 e. The summed E-state index contributed by atoms with van der Waals surface area (Å²) in [7, 11) is 0. The second-order valence-corrected chi connectivity index (χ2v) is 2.67. The van der Waals surface area contributed by atoms with E-state index in [0.29, 0.717) is 13.3 Å². The van der Waals surface area contributed by atoms with Crippen LogP contribution in [-0.2, 0) is 9.53 Å². The molecule has 0 fully saturated rings. The van der Waals surface area contributed by atoms with Crippen LogP contribution in [0.3, 0.4) is 0 Å². The Hall–Kier alpha value is -0.610. The molecule has 0 bridgehead atoms. The van der Waals surface area contributed by atoms with Crippen molar-refractivity contribution >= 4 is 5.97 Å². The number of ether oxygens (including phenoxy) is 1. The Balaban J connectivity index is 3.14. The lowest BCUT2D eigenvalue weighted by atomic mass is 10.3. The van der Waals surface area contributed by atoms with E-state index in [-0.39, 0.29) is 0 Å². The zero-order valence-corrected chi connectivity index (χ0v) is 7.67. The Morgan fingerprint density at radius 3 is 2.83 bits per heavy atom. The Bertz CT molecular complexity index is 127. The molecule has 0 aliphatic rings. The summed E-state index contributed by atoms with van der Waals surface area (Å²) in [5.74, 6) is -0.853. The highest BCUT2D eigenvalue weighted by molar-refractivity contribution is 5.72. The molecule has 0 amide bonds. The minimum atomic E-state index is -0.853. The van der Waals surface area contributed by atoms with E-state index < -0.39 is 12.0 Å². The minimum Gasteiger partial charge on any atom is -0.480 e. The lowest BCUT2D eigenvalue weighted by Gasteiger charge is -2.08. The molecule has 72 valence electrons. The first-order valence-corrected chi connectivity index (χ1v) is 4.22. The molecule has 1 atom stereocenters. The SMILES string of the molecule is CCCCOCN[C@@H](C)C(=O)O. The smallest absolute Gasteiger partial charge is 0.320 e. The maximum absolute atomic E-state index is 10.3. The van der Waals surface area contributed by atoms with Crippen molar-refractivity contribution in [3.63, 3.8) is 0 Å². The van der Waals surface area contributed by atoms with Gasteiger partial charge in [0.15, 0.2) is 0 Å². The van der Waals surface area contributed by atoms with Crippen molar-refractivity contribution < 1.29 is 14.6 Å². The molecule has 2 N–H and O–H groups in total. The van der Waals surface area contributed by atoms with E-state index in [1.165, 1.54) is 0 Å². The van der Waals surface area contributed by atoms with E-state index in [4.69, 9.17) is 9.84 Å². The molecule has 0 heterocycles. The molecule has 12 heavy (non-hydrogen) atoms. The average Bonchev–Trinajstić information content (AvgIpc) is 2.03. The first kappa shape index (κ1) is 11.4. The summed E-state index contributed by atoms with van der Waals surface area (Å²) in [6, 6.07) is -0.536. The van der Waals surface area contributed by atoms with Crippen molar-refractivity contribution in [3.8, 4) is 0 Å². The van der Waals surface area contributed by atoms with Gasteiger partial charge in [0.05, 0.1) is 6.73 Å². The number of rotatable bonds is 7. The van der Waals surface area contributed by atoms with Gasteiger partial charge in [0.1, 0.15) is 6.04 Å². The highest BCUT2D eigenvalue weighted by atomic mass is 16.5. The van der Waals surface area contributed by atoms with Crippen molar-refractivity contribution in [1.82, 2.24) is 5.32 Å². The quantitative estimate of drug-likeness (QED) is 0.444. The zero-order chi connectivity index (χ0) is 9.40. The van der Waals surface area contributed by atoms with Crippen LogP contribution in [0.5, 0.6) is 0 Å². The van der Waals surface area contributed by atoms with Gasteiger partial charge in [-0.15, -0.1) is 0 Å². The fourth-order valence-corrected chi connectivity index (χ4v) is 0.590. The molecule has 4 nitrogen and oxygen atoms in total. The molecular weight excluding hydrogens is 158 g/mol. The number of carboxylic acids is 1. The van der Waals surface area contributed by atoms with Gasteiger partial charge in [0.25, 0.3) is 0 Å². The van der Waals surface area contributed by atoms with E-state index >= 15 is 0 Å². The van der Waals surface area contributed by atoms with Gasteiger partial charge in [-0.25, -0.2) is 0 Å². The second kappa shape index (κ2) is 7.06. The number of hydrogen-bond donors (Lipinski definition) is 2. The van der Waals surface area contributed by atoms with E-state index in [1.807, 2.05) is 0 Å². The summed E-state index contributed by atoms with van der Waals surface area (Å²) in [6.45, 7) is 4.67. The Labute approximate surface area is 72.9 Å². The van der Waals surface area contributed by atoms with Crippen molar-refractivity contribution in [2.24, 2.45) is 0 Å². The van der Waals surface area contributed by atoms with Gasteiger partial charge in [-0.2, -0.15) is 0 Å². The largest absolute Gasteiger partial charge is 0.480 e. The van der Waals surface area contributed by atoms with Gasteiger partial charge in [-0.05, 0) is 13.3 Å². The van der Waals surface area contributed by atoms with Crippen molar-refractivity contribution in [1.29, 1.82) is 0 Å². The van der Waals surface area contributed by atoms with E-state index in [0.717, 1.165) is 12.8 Å². The number of unbranched alkanes of at least 4 members (excludes halogenated alkanes) is 1. The Morgan fingerprint density at radius 1 is 1.67 bits per heavy atom. The van der Waals surface area contributed by atoms with Crippen LogP contribution in [0.25, 0.3) is 0 Å². The van der Waals surface area contributed by atoms with Crippen molar-refractivity contribution in [3.05, 3.63) is 0 Å². The number of carboxylic acid groups (broad SMARTS) is 1. The summed E-state index contributed by atoms with van der Waals surface area (Å²) in [4.78, 5) is 10.3. The fourth-order valence-electron chi connectivity index (χ4n) is 0.590. The molecule has 0 saturated carbocycles.